The van der Waals surface area contributed by atoms with Crippen LogP contribution in [0.25, 0.3) is 0 Å². The highest BCUT2D eigenvalue weighted by Crippen LogP contribution is 2.20. The number of hydrogen-bond donors (Lipinski definition) is 2. The van der Waals surface area contributed by atoms with Gasteiger partial charge in [0.05, 0.1) is 0 Å². The van der Waals surface area contributed by atoms with Crippen LogP contribution in [-0.4, -0.2) is 24.6 Å². The number of amides is 1. The monoisotopic (exact) mass is 234 g/mol. The van der Waals surface area contributed by atoms with Crippen LogP contribution in [0.5, 0.6) is 5.75 Å². The molecule has 1 atom stereocenters. The number of carbonyl (C=O) groups excluding carboxylic acids is 1. The number of primary amides is 1. The van der Waals surface area contributed by atoms with E-state index in [1.54, 1.807) is 0 Å². The molecule has 4 heteroatoms. The summed E-state index contributed by atoms with van der Waals surface area (Å²) < 4.78 is 5.63. The first kappa shape index (κ1) is 11.9. The second-order valence-corrected chi connectivity index (χ2v) is 4.47. The van der Waals surface area contributed by atoms with Crippen molar-refractivity contribution >= 4 is 5.91 Å². The van der Waals surface area contributed by atoms with Crippen molar-refractivity contribution in [3.05, 3.63) is 29.8 Å². The molecule has 0 aromatic heterocycles. The molecular weight excluding hydrogens is 216 g/mol. The van der Waals surface area contributed by atoms with Crippen LogP contribution >= 0.6 is 0 Å². The Bertz CT molecular complexity index is 402. The topological polar surface area (TPSA) is 64.3 Å². The van der Waals surface area contributed by atoms with E-state index in [4.69, 9.17) is 10.5 Å². The third kappa shape index (κ3) is 3.46. The van der Waals surface area contributed by atoms with Gasteiger partial charge in [-0.05, 0) is 31.4 Å². The lowest BCUT2D eigenvalue weighted by atomic mass is 10.2. The van der Waals surface area contributed by atoms with E-state index in [2.05, 4.69) is 5.32 Å². The molecule has 1 aromatic carbocycles. The van der Waals surface area contributed by atoms with Crippen LogP contribution < -0.4 is 15.8 Å². The van der Waals surface area contributed by atoms with Gasteiger partial charge in [-0.2, -0.15) is 0 Å². The maximum atomic E-state index is 11.2. The van der Waals surface area contributed by atoms with E-state index in [0.29, 0.717) is 6.04 Å². The van der Waals surface area contributed by atoms with Gasteiger partial charge in [0.1, 0.15) is 18.4 Å². The van der Waals surface area contributed by atoms with Gasteiger partial charge in [0.15, 0.2) is 0 Å². The molecule has 0 spiro atoms. The van der Waals surface area contributed by atoms with E-state index in [0.717, 1.165) is 24.2 Å². The van der Waals surface area contributed by atoms with Crippen molar-refractivity contribution in [3.8, 4) is 5.75 Å². The molecule has 0 aliphatic heterocycles. The molecule has 92 valence electrons. The zero-order valence-corrected chi connectivity index (χ0v) is 9.98. The summed E-state index contributed by atoms with van der Waals surface area (Å²) in [4.78, 5) is 11.2. The summed E-state index contributed by atoms with van der Waals surface area (Å²) in [5.74, 6) is 0.446. The third-order valence-electron chi connectivity index (χ3n) is 2.86. The number of ether oxygens (including phenoxy) is 1. The Morgan fingerprint density at radius 2 is 2.24 bits per heavy atom. The summed E-state index contributed by atoms with van der Waals surface area (Å²) in [6, 6.07) is 7.77. The summed E-state index contributed by atoms with van der Waals surface area (Å²) in [7, 11) is 0. The standard InChI is InChI=1S/C13H18N2O2/c1-9-4-2-3-5-12(9)17-8-11(13(14)16)15-10-6-7-10/h2-5,10-11,15H,6-8H2,1H3,(H2,14,16). The van der Waals surface area contributed by atoms with Gasteiger partial charge in [-0.15, -0.1) is 0 Å². The molecule has 0 heterocycles. The first-order valence-electron chi connectivity index (χ1n) is 5.90. The molecule has 1 fully saturated rings. The average molecular weight is 234 g/mol. The third-order valence-corrected chi connectivity index (χ3v) is 2.86. The first-order chi connectivity index (χ1) is 8.16. The summed E-state index contributed by atoms with van der Waals surface area (Å²) in [6.45, 7) is 2.26. The van der Waals surface area contributed by atoms with Crippen LogP contribution in [0.1, 0.15) is 18.4 Å². The molecule has 0 saturated heterocycles. The van der Waals surface area contributed by atoms with Crippen molar-refractivity contribution in [1.29, 1.82) is 0 Å². The quantitative estimate of drug-likeness (QED) is 0.771. The van der Waals surface area contributed by atoms with Gasteiger partial charge in [-0.25, -0.2) is 0 Å². The number of hydrogen-bond acceptors (Lipinski definition) is 3. The molecule has 1 aromatic rings. The predicted octanol–water partition coefficient (Wildman–Crippen LogP) is 0.980. The molecule has 1 aliphatic rings. The molecule has 1 amide bonds. The lowest BCUT2D eigenvalue weighted by molar-refractivity contribution is -0.120. The lowest BCUT2D eigenvalue weighted by Gasteiger charge is -2.16. The number of rotatable bonds is 6. The van der Waals surface area contributed by atoms with Crippen LogP contribution in [-0.2, 0) is 4.79 Å². The zero-order chi connectivity index (χ0) is 12.3. The van der Waals surface area contributed by atoms with E-state index >= 15 is 0 Å². The van der Waals surface area contributed by atoms with E-state index in [1.165, 1.54) is 0 Å². The van der Waals surface area contributed by atoms with Gasteiger partial charge < -0.3 is 15.8 Å². The number of carbonyl (C=O) groups is 1. The Morgan fingerprint density at radius 3 is 2.82 bits per heavy atom. The van der Waals surface area contributed by atoms with Crippen molar-refractivity contribution in [2.75, 3.05) is 6.61 Å². The van der Waals surface area contributed by atoms with Crippen LogP contribution in [0.2, 0.25) is 0 Å². The van der Waals surface area contributed by atoms with Crippen molar-refractivity contribution in [1.82, 2.24) is 5.32 Å². The van der Waals surface area contributed by atoms with Gasteiger partial charge in [0.25, 0.3) is 0 Å². The Kier molecular flexibility index (Phi) is 3.64. The highest BCUT2D eigenvalue weighted by atomic mass is 16.5. The fourth-order valence-corrected chi connectivity index (χ4v) is 1.64. The smallest absolute Gasteiger partial charge is 0.238 e. The van der Waals surface area contributed by atoms with Crippen molar-refractivity contribution in [2.45, 2.75) is 31.8 Å². The predicted molar refractivity (Wildman–Crippen MR) is 65.8 cm³/mol. The highest BCUT2D eigenvalue weighted by molar-refractivity contribution is 5.80. The molecular formula is C13H18N2O2. The summed E-state index contributed by atoms with van der Waals surface area (Å²) in [5, 5.41) is 3.18. The highest BCUT2D eigenvalue weighted by Gasteiger charge is 2.27. The van der Waals surface area contributed by atoms with Crippen molar-refractivity contribution in [2.24, 2.45) is 5.73 Å². The number of nitrogens with two attached hydrogens (primary N) is 1. The molecule has 2 rings (SSSR count). The van der Waals surface area contributed by atoms with Gasteiger partial charge in [-0.1, -0.05) is 18.2 Å². The fraction of sp³-hybridized carbons (Fsp3) is 0.462. The number of aryl methyl sites for hydroxylation is 1. The van der Waals surface area contributed by atoms with E-state index in [1.807, 2.05) is 31.2 Å². The van der Waals surface area contributed by atoms with Gasteiger partial charge in [0, 0.05) is 6.04 Å². The molecule has 0 radical (unpaired) electrons. The lowest BCUT2D eigenvalue weighted by Crippen LogP contribution is -2.46. The molecule has 1 unspecified atom stereocenters. The zero-order valence-electron chi connectivity index (χ0n) is 9.98. The van der Waals surface area contributed by atoms with Crippen LogP contribution in [0, 0.1) is 6.92 Å². The second kappa shape index (κ2) is 5.19. The molecule has 0 bridgehead atoms. The Labute approximate surface area is 101 Å². The Hall–Kier alpha value is -1.55. The molecule has 17 heavy (non-hydrogen) atoms. The van der Waals surface area contributed by atoms with Crippen molar-refractivity contribution < 1.29 is 9.53 Å². The normalized spacial score (nSPS) is 16.5. The van der Waals surface area contributed by atoms with Gasteiger partial charge in [0.2, 0.25) is 5.91 Å². The fourth-order valence-electron chi connectivity index (χ4n) is 1.64. The summed E-state index contributed by atoms with van der Waals surface area (Å²) >= 11 is 0. The van der Waals surface area contributed by atoms with Crippen LogP contribution in [0.15, 0.2) is 24.3 Å². The Morgan fingerprint density at radius 1 is 1.53 bits per heavy atom. The minimum absolute atomic E-state index is 0.288. The maximum Gasteiger partial charge on any atom is 0.238 e. The second-order valence-electron chi connectivity index (χ2n) is 4.47. The SMILES string of the molecule is Cc1ccccc1OCC(NC1CC1)C(N)=O. The first-order valence-corrected chi connectivity index (χ1v) is 5.90. The van der Waals surface area contributed by atoms with Crippen molar-refractivity contribution in [3.63, 3.8) is 0 Å². The molecule has 4 nitrogen and oxygen atoms in total. The molecule has 1 saturated carbocycles. The average Bonchev–Trinajstić information content (AvgIpc) is 3.09. The molecule has 1 aliphatic carbocycles. The van der Waals surface area contributed by atoms with E-state index < -0.39 is 6.04 Å². The van der Waals surface area contributed by atoms with E-state index in [9.17, 15) is 4.79 Å². The summed E-state index contributed by atoms with van der Waals surface area (Å²) in [6.07, 6.45) is 2.24. The number of para-hydroxylation sites is 1. The summed E-state index contributed by atoms with van der Waals surface area (Å²) in [5.41, 5.74) is 6.39. The Balaban J connectivity index is 1.90. The van der Waals surface area contributed by atoms with Gasteiger partial charge >= 0.3 is 0 Å². The minimum Gasteiger partial charge on any atom is -0.491 e. The minimum atomic E-state index is -0.401. The largest absolute Gasteiger partial charge is 0.491 e. The van der Waals surface area contributed by atoms with E-state index in [-0.39, 0.29) is 12.5 Å². The number of nitrogens with one attached hydrogen (secondary N) is 1. The van der Waals surface area contributed by atoms with Gasteiger partial charge in [-0.3, -0.25) is 4.79 Å². The molecule has 3 N–H and O–H groups in total. The van der Waals surface area contributed by atoms with Crippen LogP contribution in [0.4, 0.5) is 0 Å². The maximum absolute atomic E-state index is 11.2. The van der Waals surface area contributed by atoms with Crippen LogP contribution in [0.3, 0.4) is 0 Å². The number of benzene rings is 1.